The van der Waals surface area contributed by atoms with Crippen molar-refractivity contribution >= 4 is 57.3 Å². The summed E-state index contributed by atoms with van der Waals surface area (Å²) in [6.07, 6.45) is 1.61. The van der Waals surface area contributed by atoms with Crippen LogP contribution in [0.5, 0.6) is 0 Å². The topological polar surface area (TPSA) is 100 Å². The van der Waals surface area contributed by atoms with Crippen LogP contribution in [-0.2, 0) is 4.79 Å². The molecule has 1 aromatic heterocycles. The van der Waals surface area contributed by atoms with Crippen LogP contribution in [0.15, 0.2) is 58.9 Å². The Hall–Kier alpha value is -3.17. The van der Waals surface area contributed by atoms with Crippen LogP contribution in [0.4, 0.5) is 16.5 Å². The number of thiazole rings is 1. The molecule has 0 saturated carbocycles. The van der Waals surface area contributed by atoms with E-state index in [0.29, 0.717) is 33.4 Å². The molecule has 2 aromatic carbocycles. The molecule has 0 atom stereocenters. The van der Waals surface area contributed by atoms with Gasteiger partial charge in [0.2, 0.25) is 5.91 Å². The Labute approximate surface area is 168 Å². The van der Waals surface area contributed by atoms with E-state index in [4.69, 9.17) is 0 Å². The first-order valence-corrected chi connectivity index (χ1v) is 10.1. The number of amides is 3. The lowest BCUT2D eigenvalue weighted by Crippen LogP contribution is -2.20. The lowest BCUT2D eigenvalue weighted by Gasteiger charge is -2.17. The van der Waals surface area contributed by atoms with Gasteiger partial charge in [0, 0.05) is 33.3 Å². The van der Waals surface area contributed by atoms with Gasteiger partial charge in [0.1, 0.15) is 0 Å². The van der Waals surface area contributed by atoms with E-state index in [2.05, 4.69) is 20.9 Å². The van der Waals surface area contributed by atoms with Crippen molar-refractivity contribution in [2.75, 3.05) is 21.7 Å². The van der Waals surface area contributed by atoms with Gasteiger partial charge in [-0.15, -0.1) is 23.1 Å². The van der Waals surface area contributed by atoms with Gasteiger partial charge in [-0.05, 0) is 42.5 Å². The van der Waals surface area contributed by atoms with Gasteiger partial charge >= 0.3 is 0 Å². The third kappa shape index (κ3) is 4.05. The van der Waals surface area contributed by atoms with Gasteiger partial charge in [-0.2, -0.15) is 0 Å². The van der Waals surface area contributed by atoms with Crippen LogP contribution in [0.2, 0.25) is 0 Å². The van der Waals surface area contributed by atoms with Gasteiger partial charge < -0.3 is 10.6 Å². The Morgan fingerprint density at radius 3 is 2.50 bits per heavy atom. The van der Waals surface area contributed by atoms with Gasteiger partial charge in [-0.3, -0.25) is 19.7 Å². The highest BCUT2D eigenvalue weighted by Crippen LogP contribution is 2.32. The highest BCUT2D eigenvalue weighted by molar-refractivity contribution is 8.00. The van der Waals surface area contributed by atoms with Crippen molar-refractivity contribution in [3.8, 4) is 0 Å². The molecule has 28 heavy (non-hydrogen) atoms. The number of anilines is 3. The van der Waals surface area contributed by atoms with E-state index in [0.717, 1.165) is 4.90 Å². The maximum absolute atomic E-state index is 12.5. The normalized spacial score (nSPS) is 12.6. The number of carbonyl (C=O) groups is 3. The summed E-state index contributed by atoms with van der Waals surface area (Å²) in [5.74, 6) is -0.272. The lowest BCUT2D eigenvalue weighted by atomic mass is 10.1. The fraction of sp³-hybridized carbons (Fsp3) is 0.0526. The number of hydrogen-bond donors (Lipinski definition) is 3. The average Bonchev–Trinajstić information content (AvgIpc) is 3.21. The summed E-state index contributed by atoms with van der Waals surface area (Å²) in [5, 5.41) is 10.6. The Kier molecular flexibility index (Phi) is 5.09. The molecule has 2 heterocycles. The Morgan fingerprint density at radius 2 is 1.75 bits per heavy atom. The summed E-state index contributed by atoms with van der Waals surface area (Å²) in [4.78, 5) is 41.1. The third-order valence-electron chi connectivity index (χ3n) is 3.93. The van der Waals surface area contributed by atoms with E-state index in [-0.39, 0.29) is 17.7 Å². The molecule has 3 aromatic rings. The quantitative estimate of drug-likeness (QED) is 0.609. The van der Waals surface area contributed by atoms with Gasteiger partial charge in [-0.25, -0.2) is 4.98 Å². The van der Waals surface area contributed by atoms with Crippen molar-refractivity contribution < 1.29 is 14.4 Å². The molecule has 3 amide bonds. The van der Waals surface area contributed by atoms with Crippen LogP contribution in [0.3, 0.4) is 0 Å². The largest absolute Gasteiger partial charge is 0.324 e. The number of carbonyl (C=O) groups excluding carboxylic acids is 3. The second-order valence-corrected chi connectivity index (χ2v) is 7.78. The van der Waals surface area contributed by atoms with E-state index in [9.17, 15) is 14.4 Å². The summed E-state index contributed by atoms with van der Waals surface area (Å²) in [6.45, 7) is 0. The number of nitrogens with one attached hydrogen (secondary N) is 3. The first-order chi connectivity index (χ1) is 13.6. The molecule has 0 spiro atoms. The first kappa shape index (κ1) is 18.2. The molecule has 140 valence electrons. The maximum atomic E-state index is 12.5. The zero-order chi connectivity index (χ0) is 19.5. The lowest BCUT2D eigenvalue weighted by molar-refractivity contribution is -0.113. The van der Waals surface area contributed by atoms with E-state index in [1.165, 1.54) is 23.1 Å². The van der Waals surface area contributed by atoms with Crippen molar-refractivity contribution in [2.24, 2.45) is 0 Å². The number of thioether (sulfide) groups is 1. The molecule has 1 aliphatic heterocycles. The summed E-state index contributed by atoms with van der Waals surface area (Å²) in [5.41, 5.74) is 2.10. The van der Waals surface area contributed by atoms with Gasteiger partial charge in [-0.1, -0.05) is 0 Å². The number of hydrogen-bond acceptors (Lipinski definition) is 6. The smallest absolute Gasteiger partial charge is 0.257 e. The first-order valence-electron chi connectivity index (χ1n) is 8.27. The molecule has 0 radical (unpaired) electrons. The van der Waals surface area contributed by atoms with Crippen LogP contribution < -0.4 is 16.0 Å². The highest BCUT2D eigenvalue weighted by Gasteiger charge is 2.17. The van der Waals surface area contributed by atoms with Gasteiger partial charge in [0.15, 0.2) is 5.13 Å². The molecule has 9 heteroatoms. The fourth-order valence-electron chi connectivity index (χ4n) is 2.59. The number of rotatable bonds is 4. The minimum atomic E-state index is -0.299. The summed E-state index contributed by atoms with van der Waals surface area (Å²) in [6, 6.07) is 11.8. The summed E-state index contributed by atoms with van der Waals surface area (Å²) < 4.78 is 0. The van der Waals surface area contributed by atoms with Crippen LogP contribution in [0, 0.1) is 0 Å². The van der Waals surface area contributed by atoms with Crippen molar-refractivity contribution in [3.05, 3.63) is 65.2 Å². The second kappa shape index (κ2) is 7.83. The van der Waals surface area contributed by atoms with E-state index >= 15 is 0 Å². The zero-order valence-electron chi connectivity index (χ0n) is 14.4. The van der Waals surface area contributed by atoms with Crippen molar-refractivity contribution in [1.29, 1.82) is 0 Å². The molecule has 7 nitrogen and oxygen atoms in total. The minimum Gasteiger partial charge on any atom is -0.324 e. The predicted octanol–water partition coefficient (Wildman–Crippen LogP) is 3.69. The van der Waals surface area contributed by atoms with Crippen molar-refractivity contribution in [2.45, 2.75) is 4.90 Å². The summed E-state index contributed by atoms with van der Waals surface area (Å²) in [7, 11) is 0. The Balaban J connectivity index is 1.43. The molecule has 3 N–H and O–H groups in total. The maximum Gasteiger partial charge on any atom is 0.257 e. The zero-order valence-corrected chi connectivity index (χ0v) is 16.0. The van der Waals surface area contributed by atoms with Gasteiger partial charge in [0.25, 0.3) is 11.8 Å². The second-order valence-electron chi connectivity index (χ2n) is 5.87. The van der Waals surface area contributed by atoms with Crippen LogP contribution in [0.1, 0.15) is 20.7 Å². The molecule has 0 fully saturated rings. The number of fused-ring (bicyclic) bond motifs is 1. The van der Waals surface area contributed by atoms with Gasteiger partial charge in [0.05, 0.1) is 11.4 Å². The SMILES string of the molecule is O=C1CSc2ccc(C(=O)Nc3ccc(C(=O)Nc4nccs4)cc3)cc2N1. The third-order valence-corrected chi connectivity index (χ3v) is 5.69. The standard InChI is InChI=1S/C19H14N4O3S2/c24-16-10-28-15-6-3-12(9-14(15)22-16)18(26)21-13-4-1-11(2-5-13)17(25)23-19-20-7-8-27-19/h1-9H,10H2,(H,21,26)(H,22,24)(H,20,23,25). The van der Waals surface area contributed by atoms with Crippen molar-refractivity contribution in [1.82, 2.24) is 4.98 Å². The summed E-state index contributed by atoms with van der Waals surface area (Å²) >= 11 is 2.78. The molecular weight excluding hydrogens is 396 g/mol. The Morgan fingerprint density at radius 1 is 1.00 bits per heavy atom. The number of nitrogens with zero attached hydrogens (tertiary/aromatic N) is 1. The number of benzene rings is 2. The number of aromatic nitrogens is 1. The monoisotopic (exact) mass is 410 g/mol. The van der Waals surface area contributed by atoms with Crippen LogP contribution in [0.25, 0.3) is 0 Å². The van der Waals surface area contributed by atoms with Crippen LogP contribution in [-0.4, -0.2) is 28.5 Å². The molecule has 0 saturated heterocycles. The molecular formula is C19H14N4O3S2. The Bertz CT molecular complexity index is 1050. The average molecular weight is 410 g/mol. The van der Waals surface area contributed by atoms with E-state index in [1.54, 1.807) is 48.0 Å². The molecule has 0 aliphatic carbocycles. The minimum absolute atomic E-state index is 0.0818. The van der Waals surface area contributed by atoms with E-state index < -0.39 is 0 Å². The fourth-order valence-corrected chi connectivity index (χ4v) is 3.90. The molecule has 0 unspecified atom stereocenters. The molecule has 4 rings (SSSR count). The van der Waals surface area contributed by atoms with Crippen LogP contribution >= 0.6 is 23.1 Å². The van der Waals surface area contributed by atoms with Crippen molar-refractivity contribution in [3.63, 3.8) is 0 Å². The predicted molar refractivity (Wildman–Crippen MR) is 110 cm³/mol. The van der Waals surface area contributed by atoms with E-state index in [1.807, 2.05) is 6.07 Å². The highest BCUT2D eigenvalue weighted by atomic mass is 32.2. The molecule has 0 bridgehead atoms. The molecule has 1 aliphatic rings.